The summed E-state index contributed by atoms with van der Waals surface area (Å²) in [6.45, 7) is 5.54. The lowest BCUT2D eigenvalue weighted by Crippen LogP contribution is -2.19. The average molecular weight is 457 g/mol. The number of nitrogens with zero attached hydrogens (tertiary/aromatic N) is 2. The molecule has 4 aromatic rings. The number of aromatic nitrogens is 2. The van der Waals surface area contributed by atoms with Crippen LogP contribution in [0, 0.1) is 26.6 Å². The monoisotopic (exact) mass is 456 g/mol. The number of aryl methyl sites for hydroxylation is 3. The Morgan fingerprint density at radius 3 is 1.76 bits per heavy atom. The summed E-state index contributed by atoms with van der Waals surface area (Å²) in [7, 11) is 0. The molecule has 0 radical (unpaired) electrons. The first-order valence-corrected chi connectivity index (χ1v) is 10.7. The summed E-state index contributed by atoms with van der Waals surface area (Å²) >= 11 is 0. The van der Waals surface area contributed by atoms with Gasteiger partial charge in [-0.15, -0.1) is 0 Å². The maximum atomic E-state index is 13.7. The van der Waals surface area contributed by atoms with Crippen LogP contribution in [0.3, 0.4) is 0 Å². The SMILES string of the molecule is Cc1ccc(Nc2cc(Nc3ccc(NC(=O)Nc4ccc(C)c(F)c4)cc3)nc(C)n2)cc1. The molecule has 0 fully saturated rings. The van der Waals surface area contributed by atoms with Gasteiger partial charge in [0.25, 0.3) is 0 Å². The third-order valence-corrected chi connectivity index (χ3v) is 5.01. The molecule has 4 rings (SSSR count). The van der Waals surface area contributed by atoms with Crippen LogP contribution in [-0.4, -0.2) is 16.0 Å². The lowest BCUT2D eigenvalue weighted by atomic mass is 10.2. The van der Waals surface area contributed by atoms with Gasteiger partial charge in [-0.05, 0) is 74.9 Å². The first-order valence-electron chi connectivity index (χ1n) is 10.7. The van der Waals surface area contributed by atoms with Crippen LogP contribution < -0.4 is 21.3 Å². The van der Waals surface area contributed by atoms with Crippen LogP contribution in [-0.2, 0) is 0 Å². The molecule has 1 heterocycles. The van der Waals surface area contributed by atoms with Crippen LogP contribution in [0.5, 0.6) is 0 Å². The summed E-state index contributed by atoms with van der Waals surface area (Å²) in [4.78, 5) is 21.1. The van der Waals surface area contributed by atoms with Crippen LogP contribution >= 0.6 is 0 Å². The Hall–Kier alpha value is -4.46. The molecule has 0 unspecified atom stereocenters. The van der Waals surface area contributed by atoms with E-state index in [0.29, 0.717) is 34.4 Å². The standard InChI is InChI=1S/C26H25FN6O/c1-16-4-7-19(8-5-16)30-24-15-25(29-18(3)28-24)31-20-10-12-21(13-11-20)32-26(34)33-22-9-6-17(2)23(27)14-22/h4-15H,1-3H3,(H2,32,33,34)(H2,28,29,30,31). The maximum absolute atomic E-state index is 13.7. The van der Waals surface area contributed by atoms with Gasteiger partial charge in [0, 0.05) is 28.8 Å². The van der Waals surface area contributed by atoms with Crippen LogP contribution in [0.25, 0.3) is 0 Å². The highest BCUT2D eigenvalue weighted by Crippen LogP contribution is 2.22. The Morgan fingerprint density at radius 1 is 0.676 bits per heavy atom. The van der Waals surface area contributed by atoms with Crippen molar-refractivity contribution in [2.24, 2.45) is 0 Å². The van der Waals surface area contributed by atoms with E-state index in [4.69, 9.17) is 0 Å². The van der Waals surface area contributed by atoms with Crippen molar-refractivity contribution in [1.29, 1.82) is 0 Å². The molecular formula is C26H25FN6O. The lowest BCUT2D eigenvalue weighted by molar-refractivity contribution is 0.262. The molecule has 0 aliphatic carbocycles. The van der Waals surface area contributed by atoms with E-state index >= 15 is 0 Å². The minimum Gasteiger partial charge on any atom is -0.340 e. The number of anilines is 6. The van der Waals surface area contributed by atoms with E-state index < -0.39 is 6.03 Å². The van der Waals surface area contributed by atoms with Gasteiger partial charge in [0.05, 0.1) is 0 Å². The van der Waals surface area contributed by atoms with Gasteiger partial charge in [0.1, 0.15) is 23.3 Å². The van der Waals surface area contributed by atoms with Crippen LogP contribution in [0.1, 0.15) is 17.0 Å². The fourth-order valence-corrected chi connectivity index (χ4v) is 3.23. The van der Waals surface area contributed by atoms with Gasteiger partial charge >= 0.3 is 6.03 Å². The number of urea groups is 1. The first-order chi connectivity index (χ1) is 16.3. The van der Waals surface area contributed by atoms with E-state index in [1.54, 1.807) is 31.2 Å². The predicted molar refractivity (Wildman–Crippen MR) is 135 cm³/mol. The minimum absolute atomic E-state index is 0.370. The van der Waals surface area contributed by atoms with E-state index in [0.717, 1.165) is 11.4 Å². The normalized spacial score (nSPS) is 10.5. The van der Waals surface area contributed by atoms with Crippen molar-refractivity contribution < 1.29 is 9.18 Å². The van der Waals surface area contributed by atoms with E-state index in [1.807, 2.05) is 56.3 Å². The summed E-state index contributed by atoms with van der Waals surface area (Å²) in [6, 6.07) is 21.1. The van der Waals surface area contributed by atoms with Crippen molar-refractivity contribution in [3.8, 4) is 0 Å². The molecular weight excluding hydrogens is 431 g/mol. The zero-order valence-corrected chi connectivity index (χ0v) is 19.1. The Bertz CT molecular complexity index is 1310. The largest absolute Gasteiger partial charge is 0.340 e. The first kappa shape index (κ1) is 22.7. The molecule has 1 aromatic heterocycles. The van der Waals surface area contributed by atoms with E-state index in [-0.39, 0.29) is 5.82 Å². The van der Waals surface area contributed by atoms with Gasteiger partial charge in [-0.1, -0.05) is 23.8 Å². The number of rotatable bonds is 6. The number of amides is 2. The highest BCUT2D eigenvalue weighted by Gasteiger charge is 2.07. The van der Waals surface area contributed by atoms with Crippen molar-refractivity contribution in [1.82, 2.24) is 9.97 Å². The molecule has 34 heavy (non-hydrogen) atoms. The van der Waals surface area contributed by atoms with Crippen LogP contribution in [0.4, 0.5) is 43.6 Å². The Kier molecular flexibility index (Phi) is 6.68. The fourth-order valence-electron chi connectivity index (χ4n) is 3.23. The number of benzene rings is 3. The summed E-state index contributed by atoms with van der Waals surface area (Å²) in [5.41, 5.74) is 4.42. The summed E-state index contributed by atoms with van der Waals surface area (Å²) in [5, 5.41) is 11.9. The summed E-state index contributed by atoms with van der Waals surface area (Å²) in [5.74, 6) is 1.58. The number of hydrogen-bond donors (Lipinski definition) is 4. The van der Waals surface area contributed by atoms with Crippen molar-refractivity contribution >= 4 is 40.4 Å². The molecule has 7 nitrogen and oxygen atoms in total. The third-order valence-electron chi connectivity index (χ3n) is 5.01. The molecule has 0 aliphatic heterocycles. The average Bonchev–Trinajstić information content (AvgIpc) is 2.79. The molecule has 0 saturated carbocycles. The van der Waals surface area contributed by atoms with Crippen molar-refractivity contribution in [2.45, 2.75) is 20.8 Å². The second-order valence-electron chi connectivity index (χ2n) is 7.92. The molecule has 0 atom stereocenters. The number of halogens is 1. The predicted octanol–water partition coefficient (Wildman–Crippen LogP) is 6.67. The topological polar surface area (TPSA) is 91.0 Å². The zero-order valence-electron chi connectivity index (χ0n) is 19.1. The zero-order chi connectivity index (χ0) is 24.1. The Labute approximate surface area is 197 Å². The molecule has 8 heteroatoms. The highest BCUT2D eigenvalue weighted by atomic mass is 19.1. The molecule has 172 valence electrons. The number of nitrogens with one attached hydrogen (secondary N) is 4. The molecule has 4 N–H and O–H groups in total. The fraction of sp³-hybridized carbons (Fsp3) is 0.115. The molecule has 2 amide bonds. The number of carbonyl (C=O) groups excluding carboxylic acids is 1. The quantitative estimate of drug-likeness (QED) is 0.260. The molecule has 0 aliphatic rings. The smallest absolute Gasteiger partial charge is 0.323 e. The van der Waals surface area contributed by atoms with Gasteiger partial charge < -0.3 is 21.3 Å². The highest BCUT2D eigenvalue weighted by molar-refractivity contribution is 5.99. The van der Waals surface area contributed by atoms with Gasteiger partial charge in [0.15, 0.2) is 0 Å². The molecule has 0 saturated heterocycles. The minimum atomic E-state index is -0.456. The van der Waals surface area contributed by atoms with E-state index in [2.05, 4.69) is 31.2 Å². The molecule has 0 bridgehead atoms. The van der Waals surface area contributed by atoms with Gasteiger partial charge in [-0.3, -0.25) is 0 Å². The van der Waals surface area contributed by atoms with Crippen LogP contribution in [0.2, 0.25) is 0 Å². The van der Waals surface area contributed by atoms with Crippen molar-refractivity contribution in [3.05, 3.63) is 95.6 Å². The van der Waals surface area contributed by atoms with Crippen molar-refractivity contribution in [2.75, 3.05) is 21.3 Å². The maximum Gasteiger partial charge on any atom is 0.323 e. The summed E-state index contributed by atoms with van der Waals surface area (Å²) in [6.07, 6.45) is 0. The second kappa shape index (κ2) is 9.99. The molecule has 0 spiro atoms. The van der Waals surface area contributed by atoms with E-state index in [9.17, 15) is 9.18 Å². The third kappa shape index (κ3) is 6.07. The van der Waals surface area contributed by atoms with Gasteiger partial charge in [-0.2, -0.15) is 0 Å². The second-order valence-corrected chi connectivity index (χ2v) is 7.92. The number of hydrogen-bond acceptors (Lipinski definition) is 5. The van der Waals surface area contributed by atoms with Gasteiger partial charge in [0.2, 0.25) is 0 Å². The van der Waals surface area contributed by atoms with Crippen molar-refractivity contribution in [3.63, 3.8) is 0 Å². The van der Waals surface area contributed by atoms with Crippen LogP contribution in [0.15, 0.2) is 72.8 Å². The molecule has 3 aromatic carbocycles. The van der Waals surface area contributed by atoms with E-state index in [1.165, 1.54) is 11.6 Å². The lowest BCUT2D eigenvalue weighted by Gasteiger charge is -2.12. The number of carbonyl (C=O) groups is 1. The Balaban J connectivity index is 1.38. The van der Waals surface area contributed by atoms with Gasteiger partial charge in [-0.25, -0.2) is 19.2 Å². The summed E-state index contributed by atoms with van der Waals surface area (Å²) < 4.78 is 13.7. The Morgan fingerprint density at radius 2 is 1.18 bits per heavy atom.